The van der Waals surface area contributed by atoms with Gasteiger partial charge in [-0.15, -0.1) is 0 Å². The van der Waals surface area contributed by atoms with Gasteiger partial charge in [0, 0.05) is 13.1 Å². The van der Waals surface area contributed by atoms with Crippen molar-refractivity contribution in [3.63, 3.8) is 0 Å². The van der Waals surface area contributed by atoms with E-state index in [1.54, 1.807) is 18.2 Å². The Morgan fingerprint density at radius 3 is 2.52 bits per heavy atom. The third kappa shape index (κ3) is 3.87. The van der Waals surface area contributed by atoms with Gasteiger partial charge in [0.15, 0.2) is 0 Å². The van der Waals surface area contributed by atoms with Gasteiger partial charge >= 0.3 is 16.2 Å². The fourth-order valence-electron chi connectivity index (χ4n) is 2.25. The summed E-state index contributed by atoms with van der Waals surface area (Å²) in [5.41, 5.74) is 1.26. The minimum absolute atomic E-state index is 0.190. The Balaban J connectivity index is 2.07. The standard InChI is InChI=1S/C13H17ClN2O4S/c1-9-2-3-12(11(14)8-9)15-21(19,20)16-6-4-10(5-7-16)13(17)18/h2-3,8,10,15H,4-7H2,1H3,(H,17,18). The quantitative estimate of drug-likeness (QED) is 0.884. The molecule has 0 aliphatic carbocycles. The molecule has 0 saturated carbocycles. The first kappa shape index (κ1) is 16.1. The number of carboxylic acid groups (broad SMARTS) is 1. The number of rotatable bonds is 4. The van der Waals surface area contributed by atoms with Gasteiger partial charge in [0.05, 0.1) is 16.6 Å². The zero-order valence-corrected chi connectivity index (χ0v) is 13.1. The van der Waals surface area contributed by atoms with E-state index in [0.29, 0.717) is 23.6 Å². The molecule has 1 aromatic carbocycles. The van der Waals surface area contributed by atoms with E-state index in [-0.39, 0.29) is 13.1 Å². The fraction of sp³-hybridized carbons (Fsp3) is 0.462. The molecule has 0 spiro atoms. The number of hydrogen-bond acceptors (Lipinski definition) is 3. The molecule has 1 fully saturated rings. The molecule has 0 bridgehead atoms. The van der Waals surface area contributed by atoms with Crippen molar-refractivity contribution in [2.24, 2.45) is 5.92 Å². The molecular weight excluding hydrogens is 316 g/mol. The van der Waals surface area contributed by atoms with Crippen LogP contribution in [0.4, 0.5) is 5.69 Å². The highest BCUT2D eigenvalue weighted by Gasteiger charge is 2.31. The summed E-state index contributed by atoms with van der Waals surface area (Å²) in [6.45, 7) is 2.24. The van der Waals surface area contributed by atoms with E-state index in [9.17, 15) is 13.2 Å². The molecule has 1 aromatic rings. The summed E-state index contributed by atoms with van der Waals surface area (Å²) in [6, 6.07) is 5.05. The summed E-state index contributed by atoms with van der Waals surface area (Å²) in [6.07, 6.45) is 0.635. The molecule has 8 heteroatoms. The van der Waals surface area contributed by atoms with Crippen molar-refractivity contribution in [2.45, 2.75) is 19.8 Å². The molecule has 0 aromatic heterocycles. The van der Waals surface area contributed by atoms with E-state index in [0.717, 1.165) is 5.56 Å². The number of nitrogens with one attached hydrogen (secondary N) is 1. The third-order valence-corrected chi connectivity index (χ3v) is 5.34. The number of anilines is 1. The van der Waals surface area contributed by atoms with Crippen LogP contribution in [-0.4, -0.2) is 36.9 Å². The van der Waals surface area contributed by atoms with Crippen LogP contribution in [0.15, 0.2) is 18.2 Å². The predicted octanol–water partition coefficient (Wildman–Crippen LogP) is 2.10. The summed E-state index contributed by atoms with van der Waals surface area (Å²) < 4.78 is 28.3. The molecule has 2 rings (SSSR count). The van der Waals surface area contributed by atoms with Crippen LogP contribution < -0.4 is 4.72 Å². The molecule has 0 amide bonds. The minimum atomic E-state index is -3.71. The van der Waals surface area contributed by atoms with E-state index < -0.39 is 22.1 Å². The molecule has 21 heavy (non-hydrogen) atoms. The Morgan fingerprint density at radius 1 is 1.38 bits per heavy atom. The first-order chi connectivity index (χ1) is 9.79. The van der Waals surface area contributed by atoms with Gasteiger partial charge in [-0.3, -0.25) is 9.52 Å². The van der Waals surface area contributed by atoms with E-state index in [2.05, 4.69) is 4.72 Å². The molecule has 0 radical (unpaired) electrons. The number of carboxylic acids is 1. The lowest BCUT2D eigenvalue weighted by atomic mass is 9.99. The summed E-state index contributed by atoms with van der Waals surface area (Å²) >= 11 is 6.02. The Hall–Kier alpha value is -1.31. The number of nitrogens with zero attached hydrogens (tertiary/aromatic N) is 1. The van der Waals surface area contributed by atoms with Crippen LogP contribution in [0.2, 0.25) is 5.02 Å². The van der Waals surface area contributed by atoms with Gasteiger partial charge in [0.2, 0.25) is 0 Å². The Labute approximate surface area is 128 Å². The first-order valence-corrected chi connectivity index (χ1v) is 8.38. The smallest absolute Gasteiger partial charge is 0.306 e. The van der Waals surface area contributed by atoms with E-state index in [1.807, 2.05) is 6.92 Å². The summed E-state index contributed by atoms with van der Waals surface area (Å²) in [7, 11) is -3.71. The molecule has 6 nitrogen and oxygen atoms in total. The molecule has 2 N–H and O–H groups in total. The topological polar surface area (TPSA) is 86.7 Å². The number of hydrogen-bond donors (Lipinski definition) is 2. The number of carbonyl (C=O) groups is 1. The number of halogens is 1. The molecule has 1 aliphatic heterocycles. The summed E-state index contributed by atoms with van der Waals surface area (Å²) in [5, 5.41) is 9.26. The van der Waals surface area contributed by atoms with Gasteiger partial charge < -0.3 is 5.11 Å². The van der Waals surface area contributed by atoms with Gasteiger partial charge in [0.1, 0.15) is 0 Å². The van der Waals surface area contributed by atoms with Crippen molar-refractivity contribution in [1.29, 1.82) is 0 Å². The maximum Gasteiger partial charge on any atom is 0.306 e. The Kier molecular flexibility index (Phi) is 4.75. The maximum atomic E-state index is 12.3. The van der Waals surface area contributed by atoms with E-state index in [1.165, 1.54) is 4.31 Å². The normalized spacial score (nSPS) is 17.6. The zero-order valence-electron chi connectivity index (χ0n) is 11.5. The lowest BCUT2D eigenvalue weighted by Gasteiger charge is -2.29. The molecule has 1 heterocycles. The van der Waals surface area contributed by atoms with Crippen LogP contribution >= 0.6 is 11.6 Å². The maximum absolute atomic E-state index is 12.3. The van der Waals surface area contributed by atoms with Gasteiger partial charge in [-0.25, -0.2) is 0 Å². The van der Waals surface area contributed by atoms with Crippen LogP contribution in [0.25, 0.3) is 0 Å². The summed E-state index contributed by atoms with van der Waals surface area (Å²) in [5.74, 6) is -1.35. The molecular formula is C13H17ClN2O4S. The molecule has 1 saturated heterocycles. The van der Waals surface area contributed by atoms with Gasteiger partial charge in [-0.05, 0) is 37.5 Å². The highest BCUT2D eigenvalue weighted by Crippen LogP contribution is 2.26. The van der Waals surface area contributed by atoms with Crippen molar-refractivity contribution >= 4 is 33.5 Å². The number of aliphatic carboxylic acids is 1. The van der Waals surface area contributed by atoms with Crippen molar-refractivity contribution in [3.05, 3.63) is 28.8 Å². The SMILES string of the molecule is Cc1ccc(NS(=O)(=O)N2CCC(C(=O)O)CC2)c(Cl)c1. The number of piperidine rings is 1. The minimum Gasteiger partial charge on any atom is -0.481 e. The largest absolute Gasteiger partial charge is 0.481 e. The van der Waals surface area contributed by atoms with Crippen molar-refractivity contribution in [1.82, 2.24) is 4.31 Å². The lowest BCUT2D eigenvalue weighted by molar-refractivity contribution is -0.142. The van der Waals surface area contributed by atoms with E-state index >= 15 is 0 Å². The van der Waals surface area contributed by atoms with Crippen molar-refractivity contribution in [2.75, 3.05) is 17.8 Å². The highest BCUT2D eigenvalue weighted by molar-refractivity contribution is 7.90. The molecule has 0 unspecified atom stereocenters. The fourth-order valence-corrected chi connectivity index (χ4v) is 3.86. The second kappa shape index (κ2) is 6.21. The highest BCUT2D eigenvalue weighted by atomic mass is 35.5. The van der Waals surface area contributed by atoms with Crippen LogP contribution in [0.3, 0.4) is 0 Å². The van der Waals surface area contributed by atoms with Crippen LogP contribution in [-0.2, 0) is 15.0 Å². The Bertz CT molecular complexity index is 640. The van der Waals surface area contributed by atoms with Gasteiger partial charge in [-0.2, -0.15) is 12.7 Å². The average Bonchev–Trinajstić information content (AvgIpc) is 2.42. The van der Waals surface area contributed by atoms with Crippen molar-refractivity contribution in [3.8, 4) is 0 Å². The summed E-state index contributed by atoms with van der Waals surface area (Å²) in [4.78, 5) is 10.9. The van der Waals surface area contributed by atoms with E-state index in [4.69, 9.17) is 16.7 Å². The van der Waals surface area contributed by atoms with Crippen LogP contribution in [0.5, 0.6) is 0 Å². The molecule has 116 valence electrons. The third-order valence-electron chi connectivity index (χ3n) is 3.51. The number of benzene rings is 1. The Morgan fingerprint density at radius 2 is 2.00 bits per heavy atom. The molecule has 1 aliphatic rings. The lowest BCUT2D eigenvalue weighted by Crippen LogP contribution is -2.42. The second-order valence-corrected chi connectivity index (χ2v) is 7.18. The zero-order chi connectivity index (χ0) is 15.6. The molecule has 0 atom stereocenters. The van der Waals surface area contributed by atoms with Crippen molar-refractivity contribution < 1.29 is 18.3 Å². The van der Waals surface area contributed by atoms with Gasteiger partial charge in [-0.1, -0.05) is 17.7 Å². The van der Waals surface area contributed by atoms with Crippen LogP contribution in [0.1, 0.15) is 18.4 Å². The number of aryl methyl sites for hydroxylation is 1. The predicted molar refractivity (Wildman–Crippen MR) is 80.7 cm³/mol. The second-order valence-electron chi connectivity index (χ2n) is 5.10. The van der Waals surface area contributed by atoms with Crippen LogP contribution in [0, 0.1) is 12.8 Å². The van der Waals surface area contributed by atoms with Gasteiger partial charge in [0.25, 0.3) is 0 Å². The monoisotopic (exact) mass is 332 g/mol. The first-order valence-electron chi connectivity index (χ1n) is 6.56. The average molecular weight is 333 g/mol.